The third kappa shape index (κ3) is 18.4. The van der Waals surface area contributed by atoms with Gasteiger partial charge in [0.05, 0.1) is 29.0 Å². The highest BCUT2D eigenvalue weighted by Gasteiger charge is 2.48. The van der Waals surface area contributed by atoms with E-state index in [0.29, 0.717) is 105 Å². The summed E-state index contributed by atoms with van der Waals surface area (Å²) in [6.07, 6.45) is 14.8. The Kier molecular flexibility index (Phi) is 23.4. The molecule has 0 saturated carbocycles. The lowest BCUT2D eigenvalue weighted by molar-refractivity contribution is -0.438. The van der Waals surface area contributed by atoms with Crippen LogP contribution in [0.1, 0.15) is 142 Å². The molecule has 1 fully saturated rings. The number of carbonyl (C=O) groups excluding carboxylic acids is 6. The second kappa shape index (κ2) is 28.9. The van der Waals surface area contributed by atoms with Crippen molar-refractivity contribution in [2.45, 2.75) is 153 Å². The minimum atomic E-state index is -4.29. The molecule has 3 unspecified atom stereocenters. The van der Waals surface area contributed by atoms with E-state index in [-0.39, 0.29) is 75.8 Å². The Hall–Kier alpha value is -5.35. The van der Waals surface area contributed by atoms with Gasteiger partial charge in [-0.3, -0.25) is 38.1 Å². The molecule has 3 atom stereocenters. The Morgan fingerprint density at radius 3 is 2.34 bits per heavy atom. The Bertz CT molecular complexity index is 2660. The summed E-state index contributed by atoms with van der Waals surface area (Å²) in [5.41, 5.74) is 2.31. The van der Waals surface area contributed by atoms with Gasteiger partial charge in [0.2, 0.25) is 23.4 Å². The minimum absolute atomic E-state index is 0.00361. The number of nitrogens with zero attached hydrogens (tertiary/aromatic N) is 4. The lowest BCUT2D eigenvalue weighted by Gasteiger charge is -2.29. The number of hydrogen-bond donors (Lipinski definition) is 6. The lowest BCUT2D eigenvalue weighted by atomic mass is 9.76. The number of fused-ring (bicyclic) bond motifs is 3. The van der Waals surface area contributed by atoms with E-state index >= 15 is 0 Å². The molecule has 26 heteroatoms. The number of carbonyl (C=O) groups is 6. The maximum Gasteiger partial charge on any atom is 0.333 e. The topological polar surface area (TPSA) is 317 Å². The summed E-state index contributed by atoms with van der Waals surface area (Å²) in [6, 6.07) is 4.66. The predicted octanol–water partition coefficient (Wildman–Crippen LogP) is 5.52. The van der Waals surface area contributed by atoms with E-state index in [9.17, 15) is 54.7 Å². The molecule has 0 aromatic heterocycles. The number of rotatable bonds is 19. The third-order valence-corrected chi connectivity index (χ3v) is 16.1. The Balaban J connectivity index is 1.37. The summed E-state index contributed by atoms with van der Waals surface area (Å²) < 4.78 is 73.2. The van der Waals surface area contributed by atoms with Gasteiger partial charge in [0, 0.05) is 97.6 Å². The SMILES string of the molecule is CC1=NN(CCCS(=O)(=O)O)/C2=C/C=C/C=C/C3=[N+](CCCCCC(=O)NC(C(=O)NCCCCCC(=O)ON4C(=O)CCC4=O)CCCCNC(=O)CCC12C)c1ccc(SOOO)cc1C3(C)CCCS(=O)(=O)O. The fraction of sp³-hybridized carbons (Fsp3) is 0.600. The van der Waals surface area contributed by atoms with Crippen molar-refractivity contribution in [1.29, 1.82) is 0 Å². The Morgan fingerprint density at radius 1 is 0.882 bits per heavy atom. The molecule has 4 aliphatic heterocycles. The minimum Gasteiger partial charge on any atom is -0.356 e. The van der Waals surface area contributed by atoms with Crippen LogP contribution in [-0.4, -0.2) is 137 Å². The number of allylic oxidation sites excluding steroid dienone is 6. The number of hydrazone groups is 1. The molecule has 1 aromatic rings. The van der Waals surface area contributed by atoms with Crippen LogP contribution in [0.2, 0.25) is 0 Å². The molecule has 23 nitrogen and oxygen atoms in total. The number of hydroxylamine groups is 2. The van der Waals surface area contributed by atoms with Crippen molar-refractivity contribution in [3.63, 3.8) is 0 Å². The molecule has 1 aromatic carbocycles. The van der Waals surface area contributed by atoms with Gasteiger partial charge in [-0.05, 0) is 110 Å². The summed E-state index contributed by atoms with van der Waals surface area (Å²) in [7, 11) is -8.53. The van der Waals surface area contributed by atoms with Crippen LogP contribution >= 0.6 is 12.0 Å². The number of unbranched alkanes of at least 4 members (excludes halogenated alkanes) is 2. The van der Waals surface area contributed by atoms with Gasteiger partial charge in [0.1, 0.15) is 12.6 Å². The fourth-order valence-electron chi connectivity index (χ4n) is 9.70. The highest BCUT2D eigenvalue weighted by atomic mass is 32.2. The van der Waals surface area contributed by atoms with E-state index < -0.39 is 66.4 Å². The molecule has 420 valence electrons. The van der Waals surface area contributed by atoms with Gasteiger partial charge in [-0.1, -0.05) is 29.7 Å². The van der Waals surface area contributed by atoms with Crippen molar-refractivity contribution in [2.75, 3.05) is 37.7 Å². The van der Waals surface area contributed by atoms with Crippen molar-refractivity contribution in [2.24, 2.45) is 10.5 Å². The maximum absolute atomic E-state index is 13.6. The second-order valence-electron chi connectivity index (χ2n) is 19.7. The van der Waals surface area contributed by atoms with Gasteiger partial charge < -0.3 is 20.8 Å². The van der Waals surface area contributed by atoms with Gasteiger partial charge >= 0.3 is 5.97 Å². The van der Waals surface area contributed by atoms with E-state index in [1.54, 1.807) is 11.1 Å². The molecule has 0 aliphatic carbocycles. The molecule has 5 amide bonds. The largest absolute Gasteiger partial charge is 0.356 e. The third-order valence-electron chi connectivity index (χ3n) is 14.0. The molecule has 0 bridgehead atoms. The molecule has 1 saturated heterocycles. The van der Waals surface area contributed by atoms with Crippen molar-refractivity contribution < 1.29 is 78.8 Å². The molecule has 4 heterocycles. The molecule has 76 heavy (non-hydrogen) atoms. The Labute approximate surface area is 448 Å². The average molecular weight is 1120 g/mol. The summed E-state index contributed by atoms with van der Waals surface area (Å²) in [5, 5.41) is 28.4. The van der Waals surface area contributed by atoms with Gasteiger partial charge in [-0.25, -0.2) is 10.1 Å². The van der Waals surface area contributed by atoms with Crippen LogP contribution in [0.15, 0.2) is 64.3 Å². The standard InChI is InChI=1S/C50H71N7O16S3/c1-36-49(2)28-26-43(58)51-29-13-11-17-39(48(63)52-30-12-5-10-21-47(62)71-57-45(60)24-25-46(57)61)53-44(59)20-9-6-14-31-55-40-23-22-37(74-73-72-64)35-38(40)50(3,27-15-33-75(65,66)67)41(55)18-7-4-8-19-42(49)56(54-36)32-16-34-76(68,69)70/h4,7-8,18-19,22-23,35,39H,5-6,9-17,20-21,24-34H2,1-3H3,(H5-,51,52,53,58,59,63,64,65,66,67,68,69,70)/p+1. The van der Waals surface area contributed by atoms with E-state index in [0.717, 1.165) is 29.0 Å². The monoisotopic (exact) mass is 1120 g/mol. The number of imide groups is 1. The van der Waals surface area contributed by atoms with Crippen LogP contribution < -0.4 is 16.0 Å². The van der Waals surface area contributed by atoms with Crippen molar-refractivity contribution in [3.8, 4) is 0 Å². The normalized spacial score (nSPS) is 24.2. The Morgan fingerprint density at radius 2 is 1.62 bits per heavy atom. The highest BCUT2D eigenvalue weighted by Crippen LogP contribution is 2.46. The summed E-state index contributed by atoms with van der Waals surface area (Å²) in [5.74, 6) is -3.67. The summed E-state index contributed by atoms with van der Waals surface area (Å²) in [4.78, 5) is 81.6. The molecule has 0 radical (unpaired) electrons. The van der Waals surface area contributed by atoms with Crippen LogP contribution in [0.3, 0.4) is 0 Å². The molecule has 5 rings (SSSR count). The number of hydrogen-bond acceptors (Lipinski definition) is 17. The first kappa shape index (κ1) is 61.5. The highest BCUT2D eigenvalue weighted by molar-refractivity contribution is 7.94. The van der Waals surface area contributed by atoms with E-state index in [1.165, 1.54) is 0 Å². The van der Waals surface area contributed by atoms with Crippen LogP contribution in [-0.2, 0) is 68.6 Å². The number of amides is 5. The predicted molar refractivity (Wildman–Crippen MR) is 280 cm³/mol. The molecule has 6 N–H and O–H groups in total. The summed E-state index contributed by atoms with van der Waals surface area (Å²) >= 11 is 0.773. The maximum atomic E-state index is 13.6. The van der Waals surface area contributed by atoms with E-state index in [2.05, 4.69) is 25.6 Å². The van der Waals surface area contributed by atoms with Crippen LogP contribution in [0.5, 0.6) is 0 Å². The second-order valence-corrected chi connectivity index (χ2v) is 23.6. The van der Waals surface area contributed by atoms with Crippen LogP contribution in [0.25, 0.3) is 0 Å². The zero-order chi connectivity index (χ0) is 55.5. The van der Waals surface area contributed by atoms with Gasteiger partial charge in [-0.15, -0.1) is 9.40 Å². The molecule has 0 spiro atoms. The zero-order valence-corrected chi connectivity index (χ0v) is 45.8. The first-order valence-corrected chi connectivity index (χ1v) is 29.6. The number of nitrogens with one attached hydrogen (secondary N) is 3. The van der Waals surface area contributed by atoms with Crippen molar-refractivity contribution in [3.05, 3.63) is 59.8 Å². The van der Waals surface area contributed by atoms with E-state index in [1.807, 2.05) is 63.3 Å². The fourth-order valence-corrected chi connectivity index (χ4v) is 11.1. The average Bonchev–Trinajstić information content (AvgIpc) is 3.91. The van der Waals surface area contributed by atoms with Crippen molar-refractivity contribution >= 4 is 84.9 Å². The molecular formula is C50H72N7O16S3+. The molecule has 4 aliphatic rings. The number of benzene rings is 1. The smallest absolute Gasteiger partial charge is 0.333 e. The van der Waals surface area contributed by atoms with Crippen LogP contribution in [0, 0.1) is 5.41 Å². The quantitative estimate of drug-likeness (QED) is 0.0189. The summed E-state index contributed by atoms with van der Waals surface area (Å²) in [6.45, 7) is 7.01. The first-order chi connectivity index (χ1) is 36.0. The lowest BCUT2D eigenvalue weighted by Crippen LogP contribution is -2.47. The van der Waals surface area contributed by atoms with Gasteiger partial charge in [0.25, 0.3) is 32.1 Å². The van der Waals surface area contributed by atoms with Gasteiger partial charge in [-0.2, -0.15) is 26.5 Å². The van der Waals surface area contributed by atoms with Crippen LogP contribution in [0.4, 0.5) is 5.69 Å². The molecular weight excluding hydrogens is 1050 g/mol. The van der Waals surface area contributed by atoms with Crippen molar-refractivity contribution in [1.82, 2.24) is 26.0 Å². The first-order valence-electron chi connectivity index (χ1n) is 25.7. The van der Waals surface area contributed by atoms with E-state index in [4.69, 9.17) is 19.5 Å². The van der Waals surface area contributed by atoms with Gasteiger partial charge in [0.15, 0.2) is 5.71 Å². The zero-order valence-electron chi connectivity index (χ0n) is 43.3.